The fourth-order valence-corrected chi connectivity index (χ4v) is 3.93. The van der Waals surface area contributed by atoms with Crippen LogP contribution >= 0.6 is 15.9 Å². The molecule has 20 heavy (non-hydrogen) atoms. The molecule has 0 saturated carbocycles. The second-order valence-corrected chi connectivity index (χ2v) is 7.40. The summed E-state index contributed by atoms with van der Waals surface area (Å²) in [4.78, 5) is 0. The zero-order chi connectivity index (χ0) is 14.7. The zero-order valence-electron chi connectivity index (χ0n) is 12.4. The van der Waals surface area contributed by atoms with Gasteiger partial charge in [-0.2, -0.15) is 0 Å². The lowest BCUT2D eigenvalue weighted by Crippen LogP contribution is -2.25. The summed E-state index contributed by atoms with van der Waals surface area (Å²) in [6, 6.07) is 0. The molecule has 0 radical (unpaired) electrons. The number of ether oxygens (including phenoxy) is 2. The highest BCUT2D eigenvalue weighted by Crippen LogP contribution is 2.52. The lowest BCUT2D eigenvalue weighted by Gasteiger charge is -2.27. The SMILES string of the molecule is CC1Cc2c(c(Br)c3c(c2C(C)(C)CO)OC(C)C3)O1. The highest BCUT2D eigenvalue weighted by molar-refractivity contribution is 9.10. The predicted octanol–water partition coefficient (Wildman–Crippen LogP) is 3.37. The minimum absolute atomic E-state index is 0.0969. The van der Waals surface area contributed by atoms with Gasteiger partial charge >= 0.3 is 0 Å². The highest BCUT2D eigenvalue weighted by atomic mass is 79.9. The number of hydrogen-bond donors (Lipinski definition) is 1. The van der Waals surface area contributed by atoms with Crippen LogP contribution in [0.2, 0.25) is 0 Å². The molecule has 110 valence electrons. The highest BCUT2D eigenvalue weighted by Gasteiger charge is 2.39. The molecule has 2 aliphatic rings. The van der Waals surface area contributed by atoms with Crippen molar-refractivity contribution >= 4 is 15.9 Å². The van der Waals surface area contributed by atoms with Gasteiger partial charge in [-0.1, -0.05) is 13.8 Å². The maximum absolute atomic E-state index is 9.80. The number of rotatable bonds is 2. The summed E-state index contributed by atoms with van der Waals surface area (Å²) in [5, 5.41) is 9.80. The fraction of sp³-hybridized carbons (Fsp3) is 0.625. The normalized spacial score (nSPS) is 24.1. The molecule has 0 aliphatic carbocycles. The Hall–Kier alpha value is -0.740. The molecule has 3 rings (SSSR count). The minimum atomic E-state index is -0.327. The van der Waals surface area contributed by atoms with Gasteiger partial charge in [0, 0.05) is 34.9 Å². The van der Waals surface area contributed by atoms with Gasteiger partial charge < -0.3 is 14.6 Å². The predicted molar refractivity (Wildman–Crippen MR) is 81.8 cm³/mol. The molecule has 0 bridgehead atoms. The van der Waals surface area contributed by atoms with Crippen LogP contribution in [0.15, 0.2) is 4.47 Å². The van der Waals surface area contributed by atoms with Gasteiger partial charge in [0.15, 0.2) is 0 Å². The second kappa shape index (κ2) is 4.63. The molecule has 2 atom stereocenters. The Bertz CT molecular complexity index is 526. The van der Waals surface area contributed by atoms with Crippen LogP contribution in [0.1, 0.15) is 44.4 Å². The summed E-state index contributed by atoms with van der Waals surface area (Å²) >= 11 is 3.69. The van der Waals surface area contributed by atoms with Gasteiger partial charge in [-0.25, -0.2) is 0 Å². The van der Waals surface area contributed by atoms with Gasteiger partial charge in [0.25, 0.3) is 0 Å². The Labute approximate surface area is 128 Å². The van der Waals surface area contributed by atoms with E-state index < -0.39 is 0 Å². The molecule has 3 nitrogen and oxygen atoms in total. The monoisotopic (exact) mass is 340 g/mol. The maximum Gasteiger partial charge on any atom is 0.138 e. The first kappa shape index (κ1) is 14.2. The van der Waals surface area contributed by atoms with E-state index in [1.54, 1.807) is 0 Å². The van der Waals surface area contributed by atoms with E-state index in [-0.39, 0.29) is 24.2 Å². The quantitative estimate of drug-likeness (QED) is 0.896. The van der Waals surface area contributed by atoms with Gasteiger partial charge in [-0.3, -0.25) is 0 Å². The number of benzene rings is 1. The smallest absolute Gasteiger partial charge is 0.138 e. The van der Waals surface area contributed by atoms with Gasteiger partial charge in [-0.05, 0) is 29.8 Å². The molecule has 1 aromatic rings. The van der Waals surface area contributed by atoms with Crippen molar-refractivity contribution in [3.63, 3.8) is 0 Å². The van der Waals surface area contributed by atoms with Crippen LogP contribution in [0.4, 0.5) is 0 Å². The Morgan fingerprint density at radius 3 is 2.25 bits per heavy atom. The van der Waals surface area contributed by atoms with Crippen molar-refractivity contribution in [3.8, 4) is 11.5 Å². The third-order valence-electron chi connectivity index (χ3n) is 4.23. The van der Waals surface area contributed by atoms with Gasteiger partial charge in [0.1, 0.15) is 23.7 Å². The first-order chi connectivity index (χ1) is 9.35. The van der Waals surface area contributed by atoms with Crippen molar-refractivity contribution in [1.82, 2.24) is 0 Å². The standard InChI is InChI=1S/C16H21BrO3/c1-8-5-10-12(16(3,4)7-18)14-11(6-9(2)19-14)13(17)15(10)20-8/h8-9,18H,5-7H2,1-4H3. The number of aliphatic hydroxyl groups is 1. The van der Waals surface area contributed by atoms with Crippen LogP contribution in [0.3, 0.4) is 0 Å². The molecule has 0 amide bonds. The topological polar surface area (TPSA) is 38.7 Å². The largest absolute Gasteiger partial charge is 0.490 e. The lowest BCUT2D eigenvalue weighted by atomic mass is 9.79. The summed E-state index contributed by atoms with van der Waals surface area (Å²) < 4.78 is 13.1. The molecular formula is C16H21BrO3. The zero-order valence-corrected chi connectivity index (χ0v) is 14.0. The Morgan fingerprint density at radius 2 is 1.65 bits per heavy atom. The van der Waals surface area contributed by atoms with Crippen molar-refractivity contribution in [2.24, 2.45) is 0 Å². The average molecular weight is 341 g/mol. The maximum atomic E-state index is 9.80. The fourth-order valence-electron chi connectivity index (χ4n) is 3.26. The van der Waals surface area contributed by atoms with Gasteiger partial charge in [0.05, 0.1) is 11.1 Å². The summed E-state index contributed by atoms with van der Waals surface area (Å²) in [5.41, 5.74) is 3.17. The molecule has 2 aliphatic heterocycles. The molecule has 0 fully saturated rings. The van der Waals surface area contributed by atoms with E-state index in [1.165, 1.54) is 11.1 Å². The van der Waals surface area contributed by atoms with Crippen molar-refractivity contribution in [3.05, 3.63) is 21.2 Å². The first-order valence-corrected chi connectivity index (χ1v) is 7.96. The van der Waals surface area contributed by atoms with Crippen LogP contribution in [0.5, 0.6) is 11.5 Å². The second-order valence-electron chi connectivity index (χ2n) is 6.61. The Kier molecular flexibility index (Phi) is 3.29. The molecule has 1 N–H and O–H groups in total. The number of hydrogen-bond acceptors (Lipinski definition) is 3. The summed E-state index contributed by atoms with van der Waals surface area (Å²) in [7, 11) is 0. The summed E-state index contributed by atoms with van der Waals surface area (Å²) in [5.74, 6) is 1.91. The van der Waals surface area contributed by atoms with Crippen molar-refractivity contribution in [1.29, 1.82) is 0 Å². The molecule has 4 heteroatoms. The Morgan fingerprint density at radius 1 is 1.10 bits per heavy atom. The van der Waals surface area contributed by atoms with E-state index in [1.807, 2.05) is 0 Å². The Balaban J connectivity index is 2.29. The van der Waals surface area contributed by atoms with Crippen LogP contribution in [-0.4, -0.2) is 23.9 Å². The first-order valence-electron chi connectivity index (χ1n) is 7.17. The van der Waals surface area contributed by atoms with Gasteiger partial charge in [-0.15, -0.1) is 0 Å². The molecule has 0 aromatic heterocycles. The van der Waals surface area contributed by atoms with Crippen molar-refractivity contribution in [2.75, 3.05) is 6.61 Å². The molecule has 1 aromatic carbocycles. The average Bonchev–Trinajstić information content (AvgIpc) is 2.92. The van der Waals surface area contributed by atoms with E-state index in [0.717, 1.165) is 34.4 Å². The van der Waals surface area contributed by atoms with Crippen LogP contribution in [0.25, 0.3) is 0 Å². The number of fused-ring (bicyclic) bond motifs is 2. The van der Waals surface area contributed by atoms with Crippen LogP contribution < -0.4 is 9.47 Å². The van der Waals surface area contributed by atoms with Crippen LogP contribution in [0, 0.1) is 0 Å². The van der Waals surface area contributed by atoms with E-state index in [0.29, 0.717) is 0 Å². The van der Waals surface area contributed by atoms with Crippen molar-refractivity contribution < 1.29 is 14.6 Å². The molecular weight excluding hydrogens is 320 g/mol. The molecule has 0 spiro atoms. The summed E-state index contributed by atoms with van der Waals surface area (Å²) in [6.45, 7) is 8.38. The van der Waals surface area contributed by atoms with E-state index in [9.17, 15) is 5.11 Å². The number of aliphatic hydroxyl groups excluding tert-OH is 1. The van der Waals surface area contributed by atoms with E-state index >= 15 is 0 Å². The third kappa shape index (κ3) is 1.96. The van der Waals surface area contributed by atoms with E-state index in [2.05, 4.69) is 43.6 Å². The van der Waals surface area contributed by atoms with Gasteiger partial charge in [0.2, 0.25) is 0 Å². The lowest BCUT2D eigenvalue weighted by molar-refractivity contribution is 0.206. The van der Waals surface area contributed by atoms with Crippen LogP contribution in [-0.2, 0) is 18.3 Å². The molecule has 2 heterocycles. The van der Waals surface area contributed by atoms with Crippen molar-refractivity contribution in [2.45, 2.75) is 58.2 Å². The minimum Gasteiger partial charge on any atom is -0.490 e. The summed E-state index contributed by atoms with van der Waals surface area (Å²) in [6.07, 6.45) is 2.11. The third-order valence-corrected chi connectivity index (χ3v) is 5.07. The number of halogens is 1. The molecule has 2 unspecified atom stereocenters. The molecule has 0 saturated heterocycles. The van der Waals surface area contributed by atoms with E-state index in [4.69, 9.17) is 9.47 Å².